The molecule has 0 bridgehead atoms. The summed E-state index contributed by atoms with van der Waals surface area (Å²) in [6, 6.07) is 4.75. The SMILES string of the molecule is CCOCCCC(=O)NCCNS(=O)(=O)c1cccc([N+](=O)[O-])c1. The maximum Gasteiger partial charge on any atom is 0.270 e. The molecule has 2 N–H and O–H groups in total. The van der Waals surface area contributed by atoms with Gasteiger partial charge in [-0.05, 0) is 19.4 Å². The Kier molecular flexibility index (Phi) is 8.30. The number of sulfonamides is 1. The van der Waals surface area contributed by atoms with Crippen LogP contribution in [0.3, 0.4) is 0 Å². The molecule has 10 heteroatoms. The lowest BCUT2D eigenvalue weighted by Gasteiger charge is -2.08. The van der Waals surface area contributed by atoms with Crippen LogP contribution < -0.4 is 10.0 Å². The van der Waals surface area contributed by atoms with E-state index < -0.39 is 14.9 Å². The third-order valence-corrected chi connectivity index (χ3v) is 4.43. The molecular weight excluding hydrogens is 338 g/mol. The minimum atomic E-state index is -3.86. The smallest absolute Gasteiger partial charge is 0.270 e. The lowest BCUT2D eigenvalue weighted by Crippen LogP contribution is -2.34. The quantitative estimate of drug-likeness (QED) is 0.342. The summed E-state index contributed by atoms with van der Waals surface area (Å²) in [4.78, 5) is 21.3. The number of nitrogens with zero attached hydrogens (tertiary/aromatic N) is 1. The molecule has 1 rings (SSSR count). The molecule has 0 fully saturated rings. The molecule has 24 heavy (non-hydrogen) atoms. The highest BCUT2D eigenvalue weighted by molar-refractivity contribution is 7.89. The number of nitro groups is 1. The van der Waals surface area contributed by atoms with Crippen LogP contribution >= 0.6 is 0 Å². The molecule has 0 spiro atoms. The van der Waals surface area contributed by atoms with E-state index in [0.717, 1.165) is 6.07 Å². The summed E-state index contributed by atoms with van der Waals surface area (Å²) in [6.07, 6.45) is 0.900. The van der Waals surface area contributed by atoms with E-state index in [1.54, 1.807) is 0 Å². The van der Waals surface area contributed by atoms with E-state index in [0.29, 0.717) is 26.1 Å². The molecule has 0 saturated carbocycles. The Hall–Kier alpha value is -2.04. The van der Waals surface area contributed by atoms with Crippen LogP contribution in [-0.4, -0.2) is 45.6 Å². The number of non-ortho nitro benzene ring substituents is 1. The lowest BCUT2D eigenvalue weighted by molar-refractivity contribution is -0.385. The highest BCUT2D eigenvalue weighted by atomic mass is 32.2. The van der Waals surface area contributed by atoms with E-state index >= 15 is 0 Å². The van der Waals surface area contributed by atoms with Gasteiger partial charge in [0.2, 0.25) is 15.9 Å². The first kappa shape index (κ1) is 20.0. The molecule has 1 amide bonds. The molecular formula is C14H21N3O6S. The predicted octanol–water partition coefficient (Wildman–Crippen LogP) is 0.806. The largest absolute Gasteiger partial charge is 0.382 e. The van der Waals surface area contributed by atoms with E-state index in [2.05, 4.69) is 10.0 Å². The molecule has 0 atom stereocenters. The average molecular weight is 359 g/mol. The van der Waals surface area contributed by atoms with Gasteiger partial charge in [0.15, 0.2) is 0 Å². The number of amides is 1. The number of carbonyl (C=O) groups excluding carboxylic acids is 1. The zero-order valence-electron chi connectivity index (χ0n) is 13.4. The second kappa shape index (κ2) is 9.96. The Bertz CT molecular complexity index is 662. The highest BCUT2D eigenvalue weighted by Gasteiger charge is 2.17. The summed E-state index contributed by atoms with van der Waals surface area (Å²) >= 11 is 0. The third kappa shape index (κ3) is 7.02. The van der Waals surface area contributed by atoms with Gasteiger partial charge in [-0.1, -0.05) is 6.07 Å². The van der Waals surface area contributed by atoms with Gasteiger partial charge in [-0.25, -0.2) is 13.1 Å². The number of carbonyl (C=O) groups is 1. The molecule has 9 nitrogen and oxygen atoms in total. The van der Waals surface area contributed by atoms with Crippen LogP contribution in [0.2, 0.25) is 0 Å². The molecule has 0 aromatic heterocycles. The molecule has 0 aliphatic rings. The normalized spacial score (nSPS) is 11.2. The fourth-order valence-electron chi connectivity index (χ4n) is 1.80. The minimum absolute atomic E-state index is 0.0117. The first-order valence-electron chi connectivity index (χ1n) is 7.45. The summed E-state index contributed by atoms with van der Waals surface area (Å²) in [5.74, 6) is -0.191. The van der Waals surface area contributed by atoms with E-state index in [1.165, 1.54) is 18.2 Å². The van der Waals surface area contributed by atoms with Crippen LogP contribution in [-0.2, 0) is 19.6 Å². The van der Waals surface area contributed by atoms with Crippen molar-refractivity contribution in [3.8, 4) is 0 Å². The number of nitrogens with one attached hydrogen (secondary N) is 2. The Morgan fingerprint density at radius 2 is 2.08 bits per heavy atom. The maximum atomic E-state index is 12.0. The fraction of sp³-hybridized carbons (Fsp3) is 0.500. The Morgan fingerprint density at radius 3 is 2.75 bits per heavy atom. The van der Waals surface area contributed by atoms with Crippen molar-refractivity contribution in [1.82, 2.24) is 10.0 Å². The highest BCUT2D eigenvalue weighted by Crippen LogP contribution is 2.16. The number of hydrogen-bond acceptors (Lipinski definition) is 6. The Balaban J connectivity index is 2.39. The van der Waals surface area contributed by atoms with E-state index in [-0.39, 0.29) is 29.6 Å². The Morgan fingerprint density at radius 1 is 1.33 bits per heavy atom. The van der Waals surface area contributed by atoms with Gasteiger partial charge in [-0.3, -0.25) is 14.9 Å². The summed E-state index contributed by atoms with van der Waals surface area (Å²) in [7, 11) is -3.86. The van der Waals surface area contributed by atoms with E-state index in [1.807, 2.05) is 6.92 Å². The van der Waals surface area contributed by atoms with Crippen LogP contribution in [0, 0.1) is 10.1 Å². The molecule has 1 aromatic rings. The first-order valence-corrected chi connectivity index (χ1v) is 8.93. The zero-order valence-corrected chi connectivity index (χ0v) is 14.2. The van der Waals surface area contributed by atoms with Crippen LogP contribution in [0.5, 0.6) is 0 Å². The zero-order chi connectivity index (χ0) is 18.0. The van der Waals surface area contributed by atoms with Gasteiger partial charge in [0, 0.05) is 44.9 Å². The fourth-order valence-corrected chi connectivity index (χ4v) is 2.87. The predicted molar refractivity (Wildman–Crippen MR) is 87.0 cm³/mol. The van der Waals surface area contributed by atoms with Crippen molar-refractivity contribution in [2.75, 3.05) is 26.3 Å². The number of hydrogen-bond donors (Lipinski definition) is 2. The van der Waals surface area contributed by atoms with Gasteiger partial charge in [-0.15, -0.1) is 0 Å². The third-order valence-electron chi connectivity index (χ3n) is 2.97. The number of nitro benzene ring substituents is 1. The molecule has 0 radical (unpaired) electrons. The summed E-state index contributed by atoms with van der Waals surface area (Å²) in [5, 5.41) is 13.3. The van der Waals surface area contributed by atoms with Gasteiger partial charge in [0.05, 0.1) is 9.82 Å². The number of rotatable bonds is 11. The van der Waals surface area contributed by atoms with Gasteiger partial charge in [-0.2, -0.15) is 0 Å². The van der Waals surface area contributed by atoms with Crippen molar-refractivity contribution < 1.29 is 22.9 Å². The molecule has 0 heterocycles. The van der Waals surface area contributed by atoms with Crippen LogP contribution in [0.25, 0.3) is 0 Å². The van der Waals surface area contributed by atoms with Crippen molar-refractivity contribution in [3.05, 3.63) is 34.4 Å². The van der Waals surface area contributed by atoms with Crippen LogP contribution in [0.1, 0.15) is 19.8 Å². The second-order valence-electron chi connectivity index (χ2n) is 4.80. The molecule has 1 aromatic carbocycles. The monoisotopic (exact) mass is 359 g/mol. The molecule has 0 saturated heterocycles. The summed E-state index contributed by atoms with van der Waals surface area (Å²) in [5.41, 5.74) is -0.305. The maximum absolute atomic E-state index is 12.0. The van der Waals surface area contributed by atoms with Crippen molar-refractivity contribution in [1.29, 1.82) is 0 Å². The van der Waals surface area contributed by atoms with Gasteiger partial charge >= 0.3 is 0 Å². The average Bonchev–Trinajstić information content (AvgIpc) is 2.56. The van der Waals surface area contributed by atoms with Crippen molar-refractivity contribution in [2.24, 2.45) is 0 Å². The minimum Gasteiger partial charge on any atom is -0.382 e. The van der Waals surface area contributed by atoms with Gasteiger partial charge in [0.1, 0.15) is 0 Å². The Labute approximate surface area is 140 Å². The van der Waals surface area contributed by atoms with Crippen LogP contribution in [0.4, 0.5) is 5.69 Å². The topological polar surface area (TPSA) is 128 Å². The number of ether oxygens (including phenoxy) is 1. The van der Waals surface area contributed by atoms with Crippen molar-refractivity contribution in [2.45, 2.75) is 24.7 Å². The van der Waals surface area contributed by atoms with E-state index in [4.69, 9.17) is 4.74 Å². The lowest BCUT2D eigenvalue weighted by atomic mass is 10.3. The molecule has 0 unspecified atom stereocenters. The van der Waals surface area contributed by atoms with E-state index in [9.17, 15) is 23.3 Å². The first-order chi connectivity index (χ1) is 11.4. The molecule has 0 aliphatic heterocycles. The molecule has 0 aliphatic carbocycles. The standard InChI is InChI=1S/C14H21N3O6S/c1-2-23-10-4-7-14(18)15-8-9-16-24(21,22)13-6-3-5-12(11-13)17(19)20/h3,5-6,11,16H,2,4,7-10H2,1H3,(H,15,18). The summed E-state index contributed by atoms with van der Waals surface area (Å²) in [6.45, 7) is 3.09. The van der Waals surface area contributed by atoms with Crippen LogP contribution in [0.15, 0.2) is 29.2 Å². The van der Waals surface area contributed by atoms with Gasteiger partial charge in [0.25, 0.3) is 5.69 Å². The van der Waals surface area contributed by atoms with Crippen molar-refractivity contribution in [3.63, 3.8) is 0 Å². The van der Waals surface area contributed by atoms with Gasteiger partial charge < -0.3 is 10.1 Å². The molecule has 134 valence electrons. The number of benzene rings is 1. The van der Waals surface area contributed by atoms with Crippen molar-refractivity contribution >= 4 is 21.6 Å². The summed E-state index contributed by atoms with van der Waals surface area (Å²) < 4.78 is 31.5. The second-order valence-corrected chi connectivity index (χ2v) is 6.57.